The third-order valence-electron chi connectivity index (χ3n) is 3.95. The minimum Gasteiger partial charge on any atom is -0.368 e. The van der Waals surface area contributed by atoms with Gasteiger partial charge in [-0.15, -0.1) is 24.8 Å². The largest absolute Gasteiger partial charge is 0.417 e. The highest BCUT2D eigenvalue weighted by Crippen LogP contribution is 2.32. The minimum absolute atomic E-state index is 0. The number of hydrogen-bond acceptors (Lipinski definition) is 4. The number of halogens is 6. The van der Waals surface area contributed by atoms with Crippen LogP contribution in [0.5, 0.6) is 0 Å². The Morgan fingerprint density at radius 2 is 1.88 bits per heavy atom. The lowest BCUT2D eigenvalue weighted by atomic mass is 9.92. The summed E-state index contributed by atoms with van der Waals surface area (Å²) in [5.41, 5.74) is 4.90. The summed E-state index contributed by atoms with van der Waals surface area (Å²) >= 11 is 5.78. The summed E-state index contributed by atoms with van der Waals surface area (Å²) in [6, 6.07) is 1.17. The first kappa shape index (κ1) is 25.0. The molecular weight excluding hydrogens is 416 g/mol. The Morgan fingerprint density at radius 1 is 1.27 bits per heavy atom. The Labute approximate surface area is 167 Å². The molecule has 4 N–H and O–H groups in total. The summed E-state index contributed by atoms with van der Waals surface area (Å²) in [5.74, 6) is 0.00659. The van der Waals surface area contributed by atoms with Gasteiger partial charge in [0.25, 0.3) is 0 Å². The molecule has 1 heterocycles. The van der Waals surface area contributed by atoms with Crippen molar-refractivity contribution in [2.45, 2.75) is 50.4 Å². The van der Waals surface area contributed by atoms with Gasteiger partial charge >= 0.3 is 6.18 Å². The standard InChI is InChI=1S/C15H20ClF3N4O.2ClH/c16-12-7-9(15(17,18)19)8-22-14(12)21-6-5-13(24)23-11-3-1-10(20)2-4-11;;/h7-8,10-11H,1-6,20H2,(H,21,22)(H,23,24);2*1H. The molecule has 1 aromatic heterocycles. The van der Waals surface area contributed by atoms with Gasteiger partial charge in [-0.1, -0.05) is 11.6 Å². The van der Waals surface area contributed by atoms with E-state index in [4.69, 9.17) is 17.3 Å². The fourth-order valence-electron chi connectivity index (χ4n) is 2.58. The van der Waals surface area contributed by atoms with E-state index < -0.39 is 11.7 Å². The van der Waals surface area contributed by atoms with E-state index in [1.54, 1.807) is 0 Å². The summed E-state index contributed by atoms with van der Waals surface area (Å²) in [4.78, 5) is 15.5. The van der Waals surface area contributed by atoms with Crippen molar-refractivity contribution in [2.75, 3.05) is 11.9 Å². The first-order chi connectivity index (χ1) is 11.3. The number of aromatic nitrogens is 1. The fraction of sp³-hybridized carbons (Fsp3) is 0.600. The topological polar surface area (TPSA) is 80.0 Å². The second-order valence-electron chi connectivity index (χ2n) is 5.91. The van der Waals surface area contributed by atoms with Crippen molar-refractivity contribution in [1.29, 1.82) is 0 Å². The SMILES string of the molecule is Cl.Cl.NC1CCC(NC(=O)CCNc2ncc(C(F)(F)F)cc2Cl)CC1. The zero-order valence-electron chi connectivity index (χ0n) is 13.8. The number of nitrogens with two attached hydrogens (primary N) is 1. The van der Waals surface area contributed by atoms with Gasteiger partial charge in [-0.3, -0.25) is 4.79 Å². The molecule has 1 fully saturated rings. The average Bonchev–Trinajstić information content (AvgIpc) is 2.50. The number of alkyl halides is 3. The lowest BCUT2D eigenvalue weighted by Crippen LogP contribution is -2.40. The van der Waals surface area contributed by atoms with Crippen LogP contribution in [0.2, 0.25) is 5.02 Å². The maximum Gasteiger partial charge on any atom is 0.417 e. The maximum absolute atomic E-state index is 12.5. The van der Waals surface area contributed by atoms with Crippen LogP contribution in [0.3, 0.4) is 0 Å². The number of amides is 1. The predicted octanol–water partition coefficient (Wildman–Crippen LogP) is 3.79. The van der Waals surface area contributed by atoms with Gasteiger partial charge in [-0.2, -0.15) is 13.2 Å². The van der Waals surface area contributed by atoms with Crippen LogP contribution in [0.4, 0.5) is 19.0 Å². The minimum atomic E-state index is -4.49. The number of pyridine rings is 1. The summed E-state index contributed by atoms with van der Waals surface area (Å²) in [7, 11) is 0. The van der Waals surface area contributed by atoms with E-state index in [2.05, 4.69) is 15.6 Å². The number of carbonyl (C=O) groups excluding carboxylic acids is 1. The van der Waals surface area contributed by atoms with Crippen molar-refractivity contribution in [1.82, 2.24) is 10.3 Å². The van der Waals surface area contributed by atoms with Gasteiger partial charge in [0.05, 0.1) is 10.6 Å². The quantitative estimate of drug-likeness (QED) is 0.655. The van der Waals surface area contributed by atoms with E-state index in [9.17, 15) is 18.0 Å². The molecule has 0 saturated heterocycles. The smallest absolute Gasteiger partial charge is 0.368 e. The zero-order chi connectivity index (χ0) is 17.7. The molecule has 150 valence electrons. The predicted molar refractivity (Wildman–Crippen MR) is 100 cm³/mol. The molecule has 2 rings (SSSR count). The van der Waals surface area contributed by atoms with Gasteiger partial charge in [0.2, 0.25) is 5.91 Å². The van der Waals surface area contributed by atoms with E-state index in [0.29, 0.717) is 6.20 Å². The first-order valence-corrected chi connectivity index (χ1v) is 8.15. The number of nitrogens with zero attached hydrogens (tertiary/aromatic N) is 1. The Bertz CT molecular complexity index is 582. The molecular formula is C15H22Cl3F3N4O. The zero-order valence-corrected chi connectivity index (χ0v) is 16.2. The number of carbonyl (C=O) groups is 1. The van der Waals surface area contributed by atoms with Crippen LogP contribution in [-0.4, -0.2) is 29.5 Å². The summed E-state index contributed by atoms with van der Waals surface area (Å²) in [6.45, 7) is 0.232. The van der Waals surface area contributed by atoms with Crippen molar-refractivity contribution in [3.05, 3.63) is 22.8 Å². The van der Waals surface area contributed by atoms with E-state index in [-0.39, 0.29) is 66.6 Å². The molecule has 0 unspecified atom stereocenters. The Kier molecular flexibility index (Phi) is 10.6. The summed E-state index contributed by atoms with van der Waals surface area (Å²) in [5, 5.41) is 5.58. The van der Waals surface area contributed by atoms with Crippen LogP contribution >= 0.6 is 36.4 Å². The third-order valence-corrected chi connectivity index (χ3v) is 4.24. The van der Waals surface area contributed by atoms with Crippen LogP contribution in [0.15, 0.2) is 12.3 Å². The van der Waals surface area contributed by atoms with Crippen molar-refractivity contribution >= 4 is 48.1 Å². The highest BCUT2D eigenvalue weighted by Gasteiger charge is 2.31. The molecule has 0 bridgehead atoms. The molecule has 26 heavy (non-hydrogen) atoms. The molecule has 0 aliphatic heterocycles. The summed E-state index contributed by atoms with van der Waals surface area (Å²) < 4.78 is 37.6. The van der Waals surface area contributed by atoms with Crippen LogP contribution in [0, 0.1) is 0 Å². The van der Waals surface area contributed by atoms with Gasteiger partial charge in [0, 0.05) is 31.2 Å². The third kappa shape index (κ3) is 7.73. The van der Waals surface area contributed by atoms with E-state index in [1.807, 2.05) is 0 Å². The molecule has 0 radical (unpaired) electrons. The van der Waals surface area contributed by atoms with Gasteiger partial charge < -0.3 is 16.4 Å². The monoisotopic (exact) mass is 436 g/mol. The Balaban J connectivity index is 0.00000312. The number of hydrogen-bond donors (Lipinski definition) is 3. The lowest BCUT2D eigenvalue weighted by Gasteiger charge is -2.26. The van der Waals surface area contributed by atoms with Gasteiger partial charge in [-0.05, 0) is 31.7 Å². The highest BCUT2D eigenvalue weighted by atomic mass is 35.5. The fourth-order valence-corrected chi connectivity index (χ4v) is 2.81. The molecule has 1 aromatic rings. The van der Waals surface area contributed by atoms with Crippen molar-refractivity contribution in [3.8, 4) is 0 Å². The first-order valence-electron chi connectivity index (χ1n) is 7.77. The van der Waals surface area contributed by atoms with Crippen molar-refractivity contribution in [3.63, 3.8) is 0 Å². The normalized spacial score (nSPS) is 19.7. The Hall–Kier alpha value is -0.960. The molecule has 11 heteroatoms. The number of nitrogens with one attached hydrogen (secondary N) is 2. The van der Waals surface area contributed by atoms with E-state index in [1.165, 1.54) is 0 Å². The van der Waals surface area contributed by atoms with Crippen LogP contribution in [-0.2, 0) is 11.0 Å². The van der Waals surface area contributed by atoms with Crippen LogP contribution < -0.4 is 16.4 Å². The Morgan fingerprint density at radius 3 is 2.42 bits per heavy atom. The van der Waals surface area contributed by atoms with Gasteiger partial charge in [0.15, 0.2) is 0 Å². The van der Waals surface area contributed by atoms with E-state index >= 15 is 0 Å². The molecule has 0 aromatic carbocycles. The molecule has 1 saturated carbocycles. The van der Waals surface area contributed by atoms with Gasteiger partial charge in [-0.25, -0.2) is 4.98 Å². The molecule has 1 aliphatic carbocycles. The molecule has 0 spiro atoms. The number of anilines is 1. The van der Waals surface area contributed by atoms with Crippen LogP contribution in [0.1, 0.15) is 37.7 Å². The van der Waals surface area contributed by atoms with Crippen molar-refractivity contribution < 1.29 is 18.0 Å². The summed E-state index contributed by atoms with van der Waals surface area (Å²) in [6.07, 6.45) is -0.0689. The second-order valence-corrected chi connectivity index (χ2v) is 6.32. The molecule has 0 atom stereocenters. The maximum atomic E-state index is 12.5. The highest BCUT2D eigenvalue weighted by molar-refractivity contribution is 6.32. The second kappa shape index (κ2) is 11.0. The van der Waals surface area contributed by atoms with Crippen LogP contribution in [0.25, 0.3) is 0 Å². The molecule has 1 aliphatic rings. The van der Waals surface area contributed by atoms with Crippen molar-refractivity contribution in [2.24, 2.45) is 5.73 Å². The van der Waals surface area contributed by atoms with Gasteiger partial charge in [0.1, 0.15) is 5.82 Å². The molecule has 5 nitrogen and oxygen atoms in total. The van der Waals surface area contributed by atoms with E-state index in [0.717, 1.165) is 31.7 Å². The average molecular weight is 438 g/mol. The molecule has 1 amide bonds. The lowest BCUT2D eigenvalue weighted by molar-refractivity contribution is -0.137. The number of rotatable bonds is 5.